The number of rotatable bonds is 10. The molecule has 2 aromatic carbocycles. The van der Waals surface area contributed by atoms with Crippen LogP contribution in [-0.2, 0) is 16.1 Å². The molecule has 0 bridgehead atoms. The van der Waals surface area contributed by atoms with E-state index in [4.69, 9.17) is 9.47 Å². The third-order valence-electron chi connectivity index (χ3n) is 6.96. The average molecular weight is 454 g/mol. The van der Waals surface area contributed by atoms with Gasteiger partial charge >= 0.3 is 5.97 Å². The molecule has 0 saturated heterocycles. The van der Waals surface area contributed by atoms with E-state index in [1.54, 1.807) is 0 Å². The lowest BCUT2D eigenvalue weighted by Crippen LogP contribution is -2.30. The third kappa shape index (κ3) is 7.74. The number of hydrogen-bond donors (Lipinski definition) is 0. The molecule has 1 aliphatic rings. The van der Waals surface area contributed by atoms with Gasteiger partial charge in [0.05, 0.1) is 19.1 Å². The van der Waals surface area contributed by atoms with Gasteiger partial charge in [-0.1, -0.05) is 45.9 Å². The molecule has 0 N–H and O–H groups in total. The van der Waals surface area contributed by atoms with E-state index in [9.17, 15) is 4.79 Å². The molecule has 2 aromatic rings. The second-order valence-electron chi connectivity index (χ2n) is 10.6. The van der Waals surface area contributed by atoms with E-state index in [2.05, 4.69) is 69.0 Å². The van der Waals surface area contributed by atoms with Gasteiger partial charge in [0, 0.05) is 13.1 Å². The van der Waals surface area contributed by atoms with Crippen molar-refractivity contribution in [2.24, 2.45) is 11.3 Å². The Labute approximate surface area is 200 Å². The van der Waals surface area contributed by atoms with Crippen LogP contribution in [0.1, 0.15) is 78.7 Å². The number of ether oxygens (including phenoxy) is 2. The van der Waals surface area contributed by atoms with Gasteiger partial charge in [-0.15, -0.1) is 0 Å². The number of carbonyl (C=O) groups excluding carboxylic acids is 1. The fourth-order valence-electron chi connectivity index (χ4n) is 5.01. The van der Waals surface area contributed by atoms with Crippen molar-refractivity contribution in [2.45, 2.75) is 85.8 Å². The van der Waals surface area contributed by atoms with E-state index < -0.39 is 0 Å². The molecule has 0 aromatic heterocycles. The second kappa shape index (κ2) is 11.9. The maximum atomic E-state index is 11.8. The Bertz CT molecular complexity index is 893. The van der Waals surface area contributed by atoms with Crippen LogP contribution in [0.2, 0.25) is 0 Å². The number of carbonyl (C=O) groups is 1. The predicted molar refractivity (Wildman–Crippen MR) is 137 cm³/mol. The molecular formula is C29H43NO3. The molecule has 182 valence electrons. The number of benzene rings is 2. The normalized spacial score (nSPS) is 19.1. The molecule has 0 aliphatic heterocycles. The molecular weight excluding hydrogens is 410 g/mol. The molecule has 1 aliphatic carbocycles. The average Bonchev–Trinajstić information content (AvgIpc) is 2.78. The highest BCUT2D eigenvalue weighted by atomic mass is 16.5. The van der Waals surface area contributed by atoms with Crippen LogP contribution < -0.4 is 4.74 Å². The van der Waals surface area contributed by atoms with Gasteiger partial charge in [0.15, 0.2) is 0 Å². The Balaban J connectivity index is 1.59. The molecule has 0 amide bonds. The molecule has 0 unspecified atom stereocenters. The number of fused-ring (bicyclic) bond motifs is 1. The van der Waals surface area contributed by atoms with Crippen molar-refractivity contribution >= 4 is 16.7 Å². The standard InChI is InChI=1S/C29H43NO3/c1-6-17-30(18-16-28(31)32-7-2)21-22-8-9-24-20-27(13-10-23(24)19-22)33-26-14-11-25(12-15-26)29(3,4)5/h8-10,13,19-20,25-26H,6-7,11-12,14-18,21H2,1-5H3. The molecule has 0 atom stereocenters. The van der Waals surface area contributed by atoms with Crippen molar-refractivity contribution in [2.75, 3.05) is 19.7 Å². The van der Waals surface area contributed by atoms with Gasteiger partial charge in [0.1, 0.15) is 5.75 Å². The van der Waals surface area contributed by atoms with Gasteiger partial charge < -0.3 is 9.47 Å². The first-order chi connectivity index (χ1) is 15.8. The molecule has 0 radical (unpaired) electrons. The first-order valence-electron chi connectivity index (χ1n) is 12.9. The second-order valence-corrected chi connectivity index (χ2v) is 10.6. The van der Waals surface area contributed by atoms with Crippen molar-refractivity contribution in [1.29, 1.82) is 0 Å². The number of esters is 1. The molecule has 0 spiro atoms. The fourth-order valence-corrected chi connectivity index (χ4v) is 5.01. The van der Waals surface area contributed by atoms with Gasteiger partial charge in [-0.3, -0.25) is 9.69 Å². The van der Waals surface area contributed by atoms with Gasteiger partial charge in [-0.05, 0) is 91.4 Å². The highest BCUT2D eigenvalue weighted by molar-refractivity contribution is 5.84. The summed E-state index contributed by atoms with van der Waals surface area (Å²) >= 11 is 0. The van der Waals surface area contributed by atoms with Gasteiger partial charge in [0.25, 0.3) is 0 Å². The van der Waals surface area contributed by atoms with Crippen LogP contribution in [-0.4, -0.2) is 36.7 Å². The van der Waals surface area contributed by atoms with Gasteiger partial charge in [-0.25, -0.2) is 0 Å². The summed E-state index contributed by atoms with van der Waals surface area (Å²) in [5.41, 5.74) is 1.67. The zero-order chi connectivity index (χ0) is 23.8. The van der Waals surface area contributed by atoms with Crippen molar-refractivity contribution in [3.63, 3.8) is 0 Å². The van der Waals surface area contributed by atoms with Crippen molar-refractivity contribution < 1.29 is 14.3 Å². The van der Waals surface area contributed by atoms with Crippen LogP contribution in [0.15, 0.2) is 36.4 Å². The van der Waals surface area contributed by atoms with E-state index in [1.165, 1.54) is 29.2 Å². The molecule has 4 heteroatoms. The van der Waals surface area contributed by atoms with Crippen LogP contribution in [0.4, 0.5) is 0 Å². The maximum absolute atomic E-state index is 11.8. The van der Waals surface area contributed by atoms with Crippen LogP contribution in [0.5, 0.6) is 5.75 Å². The molecule has 33 heavy (non-hydrogen) atoms. The Morgan fingerprint density at radius 3 is 2.33 bits per heavy atom. The zero-order valence-corrected chi connectivity index (χ0v) is 21.4. The predicted octanol–water partition coefficient (Wildman–Crippen LogP) is 6.99. The summed E-state index contributed by atoms with van der Waals surface area (Å²) in [5, 5.41) is 2.45. The lowest BCUT2D eigenvalue weighted by Gasteiger charge is -2.37. The van der Waals surface area contributed by atoms with Crippen molar-refractivity contribution in [3.8, 4) is 5.75 Å². The van der Waals surface area contributed by atoms with Crippen LogP contribution in [0.3, 0.4) is 0 Å². The largest absolute Gasteiger partial charge is 0.490 e. The minimum Gasteiger partial charge on any atom is -0.490 e. The molecule has 3 rings (SSSR count). The lowest BCUT2D eigenvalue weighted by molar-refractivity contribution is -0.143. The Kier molecular flexibility index (Phi) is 9.19. The van der Waals surface area contributed by atoms with Gasteiger partial charge in [-0.2, -0.15) is 0 Å². The van der Waals surface area contributed by atoms with Crippen LogP contribution >= 0.6 is 0 Å². The highest BCUT2D eigenvalue weighted by Crippen LogP contribution is 2.39. The molecule has 1 fully saturated rings. The molecule has 1 saturated carbocycles. The molecule has 0 heterocycles. The quantitative estimate of drug-likeness (QED) is 0.363. The van der Waals surface area contributed by atoms with E-state index in [0.717, 1.165) is 50.6 Å². The topological polar surface area (TPSA) is 38.8 Å². The summed E-state index contributed by atoms with van der Waals surface area (Å²) in [5.74, 6) is 1.67. The first-order valence-corrected chi connectivity index (χ1v) is 12.9. The summed E-state index contributed by atoms with van der Waals surface area (Å²) in [7, 11) is 0. The third-order valence-corrected chi connectivity index (χ3v) is 6.96. The van der Waals surface area contributed by atoms with E-state index in [1.807, 2.05) is 6.92 Å². The van der Waals surface area contributed by atoms with Crippen molar-refractivity contribution in [3.05, 3.63) is 42.0 Å². The first kappa shape index (κ1) is 25.6. The monoisotopic (exact) mass is 453 g/mol. The van der Waals surface area contributed by atoms with Crippen LogP contribution in [0.25, 0.3) is 10.8 Å². The fraction of sp³-hybridized carbons (Fsp3) is 0.621. The SMILES string of the molecule is CCCN(CCC(=O)OCC)Cc1ccc2cc(OC3CCC(C(C)(C)C)CC3)ccc2c1. The van der Waals surface area contributed by atoms with E-state index >= 15 is 0 Å². The summed E-state index contributed by atoms with van der Waals surface area (Å²) in [6.45, 7) is 14.1. The zero-order valence-electron chi connectivity index (χ0n) is 21.4. The van der Waals surface area contributed by atoms with E-state index in [0.29, 0.717) is 24.5 Å². The maximum Gasteiger partial charge on any atom is 0.307 e. The van der Waals surface area contributed by atoms with E-state index in [-0.39, 0.29) is 5.97 Å². The minimum atomic E-state index is -0.114. The number of nitrogens with zero attached hydrogens (tertiary/aromatic N) is 1. The Hall–Kier alpha value is -2.07. The highest BCUT2D eigenvalue weighted by Gasteiger charge is 2.30. The smallest absolute Gasteiger partial charge is 0.307 e. The van der Waals surface area contributed by atoms with Crippen molar-refractivity contribution in [1.82, 2.24) is 4.90 Å². The number of hydrogen-bond acceptors (Lipinski definition) is 4. The lowest BCUT2D eigenvalue weighted by atomic mass is 9.72. The summed E-state index contributed by atoms with van der Waals surface area (Å²) in [6, 6.07) is 13.1. The molecule has 4 nitrogen and oxygen atoms in total. The van der Waals surface area contributed by atoms with Crippen LogP contribution in [0, 0.1) is 11.3 Å². The minimum absolute atomic E-state index is 0.114. The Morgan fingerprint density at radius 1 is 0.970 bits per heavy atom. The summed E-state index contributed by atoms with van der Waals surface area (Å²) < 4.78 is 11.5. The summed E-state index contributed by atoms with van der Waals surface area (Å²) in [4.78, 5) is 14.1. The van der Waals surface area contributed by atoms with Gasteiger partial charge in [0.2, 0.25) is 0 Å². The Morgan fingerprint density at radius 2 is 1.67 bits per heavy atom. The summed E-state index contributed by atoms with van der Waals surface area (Å²) in [6.07, 6.45) is 6.66.